The highest BCUT2D eigenvalue weighted by atomic mass is 16.5. The third-order valence-electron chi connectivity index (χ3n) is 5.45. The van der Waals surface area contributed by atoms with Crippen LogP contribution in [0.2, 0.25) is 0 Å². The number of fused-ring (bicyclic) bond motifs is 2. The molecule has 7 nitrogen and oxygen atoms in total. The molecule has 0 aliphatic heterocycles. The largest absolute Gasteiger partial charge is 0.506 e. The minimum Gasteiger partial charge on any atom is -0.506 e. The minimum atomic E-state index is -1.15. The summed E-state index contributed by atoms with van der Waals surface area (Å²) in [5.74, 6) is -2.69. The number of ketones is 3. The maximum atomic E-state index is 13.1. The fraction of sp³-hybridized carbons (Fsp3) is 0.304. The van der Waals surface area contributed by atoms with Gasteiger partial charge in [-0.3, -0.25) is 14.4 Å². The Balaban J connectivity index is 2.52. The van der Waals surface area contributed by atoms with Gasteiger partial charge in [0.2, 0.25) is 5.78 Å². The van der Waals surface area contributed by atoms with E-state index in [1.54, 1.807) is 32.9 Å². The third-order valence-corrected chi connectivity index (χ3v) is 5.45. The summed E-state index contributed by atoms with van der Waals surface area (Å²) in [6.45, 7) is 6.20. The monoisotopic (exact) mass is 410 g/mol. The Bertz CT molecular complexity index is 1180. The van der Waals surface area contributed by atoms with E-state index in [1.165, 1.54) is 21.1 Å². The number of allylic oxidation sites excluding steroid dienone is 2. The summed E-state index contributed by atoms with van der Waals surface area (Å²) in [4.78, 5) is 50.0. The van der Waals surface area contributed by atoms with Crippen molar-refractivity contribution in [1.82, 2.24) is 0 Å². The van der Waals surface area contributed by atoms with Gasteiger partial charge in [-0.25, -0.2) is 4.79 Å². The molecule has 0 atom stereocenters. The molecule has 156 valence electrons. The summed E-state index contributed by atoms with van der Waals surface area (Å²) in [5.41, 5.74) is -0.505. The molecule has 0 amide bonds. The Morgan fingerprint density at radius 3 is 2.30 bits per heavy atom. The molecule has 1 aliphatic rings. The first kappa shape index (κ1) is 21.2. The molecule has 0 fully saturated rings. The number of ether oxygens (including phenoxy) is 2. The van der Waals surface area contributed by atoms with Gasteiger partial charge < -0.3 is 14.6 Å². The quantitative estimate of drug-likeness (QED) is 0.470. The van der Waals surface area contributed by atoms with Crippen LogP contribution >= 0.6 is 0 Å². The van der Waals surface area contributed by atoms with Crippen molar-refractivity contribution >= 4 is 34.1 Å². The van der Waals surface area contributed by atoms with Gasteiger partial charge in [0.25, 0.3) is 0 Å². The zero-order valence-electron chi connectivity index (χ0n) is 17.6. The Labute approximate surface area is 173 Å². The van der Waals surface area contributed by atoms with Gasteiger partial charge in [0, 0.05) is 0 Å². The Morgan fingerprint density at radius 2 is 1.77 bits per heavy atom. The number of phenolic OH excluding ortho intramolecular Hbond substituents is 1. The average Bonchev–Trinajstić information content (AvgIpc) is 2.67. The van der Waals surface area contributed by atoms with Gasteiger partial charge in [-0.05, 0) is 56.4 Å². The number of esters is 1. The van der Waals surface area contributed by atoms with Crippen LogP contribution in [0.15, 0.2) is 23.8 Å². The third kappa shape index (κ3) is 2.89. The molecule has 0 saturated heterocycles. The molecule has 0 saturated carbocycles. The number of phenols is 1. The second-order valence-corrected chi connectivity index (χ2v) is 7.79. The smallest absolute Gasteiger partial charge is 0.341 e. The Morgan fingerprint density at radius 1 is 1.13 bits per heavy atom. The molecule has 0 aromatic heterocycles. The predicted octanol–water partition coefficient (Wildman–Crippen LogP) is 3.21. The molecule has 2 aromatic rings. The summed E-state index contributed by atoms with van der Waals surface area (Å²) in [7, 11) is 2.57. The number of benzene rings is 2. The lowest BCUT2D eigenvalue weighted by Crippen LogP contribution is -2.39. The van der Waals surface area contributed by atoms with Crippen LogP contribution in [0, 0.1) is 6.92 Å². The van der Waals surface area contributed by atoms with Crippen LogP contribution in [0.1, 0.15) is 52.6 Å². The molecule has 3 rings (SSSR count). The van der Waals surface area contributed by atoms with Gasteiger partial charge in [-0.2, -0.15) is 0 Å². The van der Waals surface area contributed by atoms with Crippen LogP contribution in [0.4, 0.5) is 0 Å². The average molecular weight is 410 g/mol. The van der Waals surface area contributed by atoms with Crippen molar-refractivity contribution < 1.29 is 33.8 Å². The summed E-state index contributed by atoms with van der Waals surface area (Å²) in [6, 6.07) is 3.30. The van der Waals surface area contributed by atoms with Crippen molar-refractivity contribution in [2.45, 2.75) is 33.1 Å². The van der Waals surface area contributed by atoms with Crippen LogP contribution in [-0.4, -0.2) is 42.6 Å². The number of aryl methyl sites for hydroxylation is 1. The minimum absolute atomic E-state index is 0.0664. The molecular weight excluding hydrogens is 388 g/mol. The first-order chi connectivity index (χ1) is 14.0. The second kappa shape index (κ2) is 7.09. The molecular formula is C23H22O7. The zero-order chi connectivity index (χ0) is 22.5. The van der Waals surface area contributed by atoms with E-state index < -0.39 is 34.5 Å². The molecule has 0 radical (unpaired) electrons. The van der Waals surface area contributed by atoms with E-state index in [1.807, 2.05) is 0 Å². The lowest BCUT2D eigenvalue weighted by molar-refractivity contribution is -0.120. The molecule has 1 N–H and O–H groups in total. The number of Topliss-reactive ketones (excluding diaryl/α,β-unsaturated/α-hetero) is 2. The second-order valence-electron chi connectivity index (χ2n) is 7.79. The molecule has 0 bridgehead atoms. The van der Waals surface area contributed by atoms with E-state index in [0.717, 1.165) is 6.08 Å². The Kier molecular flexibility index (Phi) is 5.02. The molecule has 30 heavy (non-hydrogen) atoms. The van der Waals surface area contributed by atoms with Crippen LogP contribution in [0.5, 0.6) is 11.5 Å². The van der Waals surface area contributed by atoms with Gasteiger partial charge in [-0.1, -0.05) is 6.07 Å². The van der Waals surface area contributed by atoms with Gasteiger partial charge in [0.1, 0.15) is 17.1 Å². The number of methoxy groups -OCH3 is 2. The van der Waals surface area contributed by atoms with Crippen molar-refractivity contribution in [2.75, 3.05) is 14.2 Å². The number of carbonyl (C=O) groups is 4. The summed E-state index contributed by atoms with van der Waals surface area (Å²) in [5, 5.41) is 11.8. The van der Waals surface area contributed by atoms with Crippen LogP contribution in [-0.2, 0) is 19.7 Å². The van der Waals surface area contributed by atoms with E-state index in [9.17, 15) is 24.3 Å². The normalized spacial score (nSPS) is 16.5. The number of aromatic hydroxyl groups is 1. The summed E-state index contributed by atoms with van der Waals surface area (Å²) < 4.78 is 10.3. The van der Waals surface area contributed by atoms with Crippen molar-refractivity contribution in [2.24, 2.45) is 0 Å². The predicted molar refractivity (Wildman–Crippen MR) is 109 cm³/mol. The van der Waals surface area contributed by atoms with Crippen molar-refractivity contribution in [3.8, 4) is 11.5 Å². The highest BCUT2D eigenvalue weighted by Gasteiger charge is 2.45. The molecule has 0 spiro atoms. The SMILES string of the molecule is COC(=O)c1c(C)cc2cc3c(c(O)c2c1OC)C(=O)/C(=C/C(C)=O)C(=O)C3(C)C. The number of hydrogen-bond acceptors (Lipinski definition) is 7. The van der Waals surface area contributed by atoms with E-state index in [0.29, 0.717) is 16.5 Å². The van der Waals surface area contributed by atoms with Gasteiger partial charge >= 0.3 is 5.97 Å². The zero-order valence-corrected chi connectivity index (χ0v) is 17.6. The summed E-state index contributed by atoms with van der Waals surface area (Å²) >= 11 is 0. The van der Waals surface area contributed by atoms with E-state index in [-0.39, 0.29) is 27.8 Å². The maximum Gasteiger partial charge on any atom is 0.341 e. The van der Waals surface area contributed by atoms with Gasteiger partial charge in [0.15, 0.2) is 11.6 Å². The molecule has 1 aliphatic carbocycles. The summed E-state index contributed by atoms with van der Waals surface area (Å²) in [6.07, 6.45) is 0.991. The van der Waals surface area contributed by atoms with E-state index >= 15 is 0 Å². The molecule has 7 heteroatoms. The van der Waals surface area contributed by atoms with Gasteiger partial charge in [0.05, 0.1) is 36.2 Å². The van der Waals surface area contributed by atoms with Crippen LogP contribution < -0.4 is 4.74 Å². The number of hydrogen-bond donors (Lipinski definition) is 1. The molecule has 2 aromatic carbocycles. The fourth-order valence-electron chi connectivity index (χ4n) is 3.96. The topological polar surface area (TPSA) is 107 Å². The van der Waals surface area contributed by atoms with E-state index in [4.69, 9.17) is 9.47 Å². The van der Waals surface area contributed by atoms with Crippen molar-refractivity contribution in [1.29, 1.82) is 0 Å². The standard InChI is InChI=1S/C23H22O7/c1-10-7-12-9-14-17(18(25)13(8-11(2)24)21(27)23(14,3)4)19(26)16(12)20(29-5)15(10)22(28)30-6/h7-9,26H,1-6H3/b13-8-. The highest BCUT2D eigenvalue weighted by molar-refractivity contribution is 6.35. The maximum absolute atomic E-state index is 13.1. The Hall–Kier alpha value is -3.48. The van der Waals surface area contributed by atoms with Crippen LogP contribution in [0.3, 0.4) is 0 Å². The fourth-order valence-corrected chi connectivity index (χ4v) is 3.96. The van der Waals surface area contributed by atoms with Crippen LogP contribution in [0.25, 0.3) is 10.8 Å². The number of rotatable bonds is 3. The van der Waals surface area contributed by atoms with Crippen molar-refractivity contribution in [3.05, 3.63) is 46.0 Å². The van der Waals surface area contributed by atoms with Crippen molar-refractivity contribution in [3.63, 3.8) is 0 Å². The lowest BCUT2D eigenvalue weighted by Gasteiger charge is -2.32. The van der Waals surface area contributed by atoms with Gasteiger partial charge in [-0.15, -0.1) is 0 Å². The first-order valence-corrected chi connectivity index (χ1v) is 9.25. The number of carbonyl (C=O) groups excluding carboxylic acids is 4. The van der Waals surface area contributed by atoms with E-state index in [2.05, 4.69) is 0 Å². The molecule has 0 unspecified atom stereocenters. The lowest BCUT2D eigenvalue weighted by atomic mass is 9.68. The molecule has 0 heterocycles. The first-order valence-electron chi connectivity index (χ1n) is 9.25. The highest BCUT2D eigenvalue weighted by Crippen LogP contribution is 2.47.